The summed E-state index contributed by atoms with van der Waals surface area (Å²) in [5.74, 6) is 2.65. The lowest BCUT2D eigenvalue weighted by Crippen LogP contribution is -3.12. The predicted molar refractivity (Wildman–Crippen MR) is 116 cm³/mol. The van der Waals surface area contributed by atoms with Gasteiger partial charge in [-0.3, -0.25) is 0 Å². The van der Waals surface area contributed by atoms with Gasteiger partial charge in [0.1, 0.15) is 36.0 Å². The Bertz CT molecular complexity index is 1010. The molecule has 0 spiro atoms. The number of morpholine rings is 1. The number of hydrogen-bond donors (Lipinski definition) is 2. The van der Waals surface area contributed by atoms with Crippen molar-refractivity contribution in [2.75, 3.05) is 38.7 Å². The average molecular weight is 412 g/mol. The van der Waals surface area contributed by atoms with Crippen LogP contribution in [0.3, 0.4) is 0 Å². The first-order valence-corrected chi connectivity index (χ1v) is 11.3. The molecule has 3 aromatic rings. The van der Waals surface area contributed by atoms with E-state index in [2.05, 4.69) is 5.32 Å². The van der Waals surface area contributed by atoms with Gasteiger partial charge in [0.2, 0.25) is 0 Å². The van der Waals surface area contributed by atoms with Gasteiger partial charge in [-0.05, 0) is 43.4 Å². The first-order chi connectivity index (χ1) is 14.3. The molecule has 7 heteroatoms. The van der Waals surface area contributed by atoms with Crippen molar-refractivity contribution in [2.45, 2.75) is 32.2 Å². The highest BCUT2D eigenvalue weighted by Gasteiger charge is 2.23. The van der Waals surface area contributed by atoms with E-state index in [1.165, 1.54) is 33.6 Å². The molecule has 1 aromatic carbocycles. The summed E-state index contributed by atoms with van der Waals surface area (Å²) < 4.78 is 11.1. The molecule has 0 amide bonds. The SMILES string of the molecule is COc1ccccc1Nc1nc(C[NH+]2CCOCC2)nc2sc3c(c12)CCCC3. The summed E-state index contributed by atoms with van der Waals surface area (Å²) in [6, 6.07) is 8.02. The molecule has 0 radical (unpaired) electrons. The van der Waals surface area contributed by atoms with Gasteiger partial charge >= 0.3 is 0 Å². The van der Waals surface area contributed by atoms with E-state index >= 15 is 0 Å². The van der Waals surface area contributed by atoms with Gasteiger partial charge in [-0.25, -0.2) is 9.97 Å². The second-order valence-corrected chi connectivity index (χ2v) is 8.83. The second kappa shape index (κ2) is 8.26. The molecular weight excluding hydrogens is 384 g/mol. The lowest BCUT2D eigenvalue weighted by atomic mass is 9.97. The minimum absolute atomic E-state index is 0.817. The lowest BCUT2D eigenvalue weighted by Gasteiger charge is -2.23. The van der Waals surface area contributed by atoms with Crippen molar-refractivity contribution in [2.24, 2.45) is 0 Å². The van der Waals surface area contributed by atoms with Crippen molar-refractivity contribution in [3.8, 4) is 5.75 Å². The highest BCUT2D eigenvalue weighted by molar-refractivity contribution is 7.19. The molecule has 1 aliphatic carbocycles. The van der Waals surface area contributed by atoms with Gasteiger partial charge in [0.25, 0.3) is 0 Å². The first-order valence-electron chi connectivity index (χ1n) is 10.4. The molecule has 2 N–H and O–H groups in total. The molecule has 1 aliphatic heterocycles. The molecular formula is C22H27N4O2S+. The van der Waals surface area contributed by atoms with Gasteiger partial charge in [0.05, 0.1) is 31.4 Å². The molecule has 0 bridgehead atoms. The van der Waals surface area contributed by atoms with Crippen LogP contribution < -0.4 is 15.0 Å². The minimum Gasteiger partial charge on any atom is -0.495 e. The van der Waals surface area contributed by atoms with Crippen molar-refractivity contribution in [3.63, 3.8) is 0 Å². The Balaban J connectivity index is 1.57. The molecule has 0 unspecified atom stereocenters. The van der Waals surface area contributed by atoms with Crippen LogP contribution in [0.4, 0.5) is 11.5 Å². The summed E-state index contributed by atoms with van der Waals surface area (Å²) >= 11 is 1.85. The number of quaternary nitrogens is 1. The Morgan fingerprint density at radius 2 is 1.97 bits per heavy atom. The highest BCUT2D eigenvalue weighted by atomic mass is 32.1. The monoisotopic (exact) mass is 411 g/mol. The van der Waals surface area contributed by atoms with Crippen molar-refractivity contribution in [3.05, 3.63) is 40.5 Å². The zero-order valence-electron chi connectivity index (χ0n) is 16.8. The van der Waals surface area contributed by atoms with Crippen LogP contribution in [0.1, 0.15) is 29.1 Å². The fourth-order valence-corrected chi connectivity index (χ4v) is 5.59. The maximum absolute atomic E-state index is 5.55. The number of methoxy groups -OCH3 is 1. The van der Waals surface area contributed by atoms with Crippen molar-refractivity contribution in [1.82, 2.24) is 9.97 Å². The molecule has 0 saturated carbocycles. The topological polar surface area (TPSA) is 60.7 Å². The Morgan fingerprint density at radius 3 is 2.83 bits per heavy atom. The number of nitrogens with zero attached hydrogens (tertiary/aromatic N) is 2. The number of aryl methyl sites for hydroxylation is 2. The molecule has 1 fully saturated rings. The summed E-state index contributed by atoms with van der Waals surface area (Å²) in [6.07, 6.45) is 4.79. The van der Waals surface area contributed by atoms with Gasteiger partial charge in [-0.15, -0.1) is 11.3 Å². The van der Waals surface area contributed by atoms with E-state index < -0.39 is 0 Å². The fourth-order valence-electron chi connectivity index (χ4n) is 4.31. The third-order valence-electron chi connectivity index (χ3n) is 5.83. The zero-order chi connectivity index (χ0) is 19.6. The van der Waals surface area contributed by atoms with Crippen molar-refractivity contribution in [1.29, 1.82) is 0 Å². The molecule has 152 valence electrons. The number of nitrogens with one attached hydrogen (secondary N) is 2. The largest absolute Gasteiger partial charge is 0.495 e. The number of ether oxygens (including phenoxy) is 2. The van der Waals surface area contributed by atoms with Crippen LogP contribution in [0.25, 0.3) is 10.2 Å². The summed E-state index contributed by atoms with van der Waals surface area (Å²) in [4.78, 5) is 14.1. The third kappa shape index (κ3) is 3.82. The number of fused-ring (bicyclic) bond motifs is 3. The maximum Gasteiger partial charge on any atom is 0.187 e. The van der Waals surface area contributed by atoms with Gasteiger partial charge in [-0.1, -0.05) is 12.1 Å². The van der Waals surface area contributed by atoms with Crippen molar-refractivity contribution >= 4 is 33.1 Å². The number of rotatable bonds is 5. The standard InChI is InChI=1S/C22H26N4O2S/c1-27-17-8-4-3-7-16(17)23-21-20-15-6-2-5-9-18(15)29-22(20)25-19(24-21)14-26-10-12-28-13-11-26/h3-4,7-8H,2,5-6,9-14H2,1H3,(H,23,24,25)/p+1. The van der Waals surface area contributed by atoms with E-state index in [-0.39, 0.29) is 0 Å². The summed E-state index contributed by atoms with van der Waals surface area (Å²) in [5.41, 5.74) is 2.38. The van der Waals surface area contributed by atoms with Crippen LogP contribution in [0.2, 0.25) is 0 Å². The van der Waals surface area contributed by atoms with E-state index in [0.29, 0.717) is 0 Å². The lowest BCUT2D eigenvalue weighted by molar-refractivity contribution is -0.922. The quantitative estimate of drug-likeness (QED) is 0.676. The van der Waals surface area contributed by atoms with E-state index in [1.807, 2.05) is 35.6 Å². The molecule has 29 heavy (non-hydrogen) atoms. The van der Waals surface area contributed by atoms with E-state index in [4.69, 9.17) is 19.4 Å². The number of hydrogen-bond acceptors (Lipinski definition) is 6. The van der Waals surface area contributed by atoms with E-state index in [9.17, 15) is 0 Å². The molecule has 2 aromatic heterocycles. The van der Waals surface area contributed by atoms with Gasteiger partial charge in [-0.2, -0.15) is 0 Å². The zero-order valence-corrected chi connectivity index (χ0v) is 17.6. The maximum atomic E-state index is 5.55. The first kappa shape index (κ1) is 18.8. The number of para-hydroxylation sites is 2. The van der Waals surface area contributed by atoms with Crippen LogP contribution in [-0.2, 0) is 24.1 Å². The smallest absolute Gasteiger partial charge is 0.187 e. The predicted octanol–water partition coefficient (Wildman–Crippen LogP) is 2.74. The summed E-state index contributed by atoms with van der Waals surface area (Å²) in [5, 5.41) is 4.78. The normalized spacial score (nSPS) is 17.3. The Labute approximate surface area is 174 Å². The molecule has 5 rings (SSSR count). The Kier molecular flexibility index (Phi) is 5.35. The minimum atomic E-state index is 0.817. The number of aromatic nitrogens is 2. The van der Waals surface area contributed by atoms with Crippen LogP contribution in [0.15, 0.2) is 24.3 Å². The van der Waals surface area contributed by atoms with Gasteiger partial charge < -0.3 is 19.7 Å². The van der Waals surface area contributed by atoms with Gasteiger partial charge in [0.15, 0.2) is 5.82 Å². The summed E-state index contributed by atoms with van der Waals surface area (Å²) in [6.45, 7) is 4.49. The molecule has 3 heterocycles. The molecule has 0 atom stereocenters. The number of benzene rings is 1. The van der Waals surface area contributed by atoms with Crippen LogP contribution in [0, 0.1) is 0 Å². The van der Waals surface area contributed by atoms with Crippen LogP contribution in [-0.4, -0.2) is 43.4 Å². The molecule has 1 saturated heterocycles. The summed E-state index contributed by atoms with van der Waals surface area (Å²) in [7, 11) is 1.70. The highest BCUT2D eigenvalue weighted by Crippen LogP contribution is 2.40. The molecule has 2 aliphatic rings. The average Bonchev–Trinajstić information content (AvgIpc) is 3.13. The third-order valence-corrected chi connectivity index (χ3v) is 7.01. The van der Waals surface area contributed by atoms with E-state index in [0.717, 1.165) is 73.6 Å². The van der Waals surface area contributed by atoms with Crippen LogP contribution in [0.5, 0.6) is 5.75 Å². The van der Waals surface area contributed by atoms with Gasteiger partial charge in [0, 0.05) is 4.88 Å². The Morgan fingerprint density at radius 1 is 1.14 bits per heavy atom. The van der Waals surface area contributed by atoms with Crippen LogP contribution >= 0.6 is 11.3 Å². The fraction of sp³-hybridized carbons (Fsp3) is 0.455. The number of anilines is 2. The van der Waals surface area contributed by atoms with Crippen molar-refractivity contribution < 1.29 is 14.4 Å². The van der Waals surface area contributed by atoms with E-state index in [1.54, 1.807) is 7.11 Å². The number of thiophene rings is 1. The molecule has 6 nitrogen and oxygen atoms in total. The Hall–Kier alpha value is -2.22. The second-order valence-electron chi connectivity index (χ2n) is 7.74.